The number of carbonyl (C=O) groups is 1. The first-order valence-electron chi connectivity index (χ1n) is 6.73. The Bertz CT molecular complexity index is 576. The van der Waals surface area contributed by atoms with Gasteiger partial charge in [-0.05, 0) is 31.2 Å². The Morgan fingerprint density at radius 1 is 1.33 bits per heavy atom. The minimum atomic E-state index is -1.37. The number of benzene rings is 1. The van der Waals surface area contributed by atoms with E-state index < -0.39 is 33.8 Å². The van der Waals surface area contributed by atoms with Gasteiger partial charge in [-0.1, -0.05) is 13.3 Å². The number of hydrogen-bond acceptors (Lipinski definition) is 4. The first-order chi connectivity index (χ1) is 9.88. The smallest absolute Gasteiger partial charge is 0.345 e. The molecule has 0 heterocycles. The average Bonchev–Trinajstić information content (AvgIpc) is 2.41. The van der Waals surface area contributed by atoms with Crippen molar-refractivity contribution in [2.24, 2.45) is 5.92 Å². The van der Waals surface area contributed by atoms with Crippen LogP contribution in [0.2, 0.25) is 0 Å². The monoisotopic (exact) mass is 299 g/mol. The van der Waals surface area contributed by atoms with E-state index in [2.05, 4.69) is 0 Å². The molecule has 7 heteroatoms. The predicted octanol–water partition coefficient (Wildman–Crippen LogP) is 3.61. The molecule has 0 bridgehead atoms. The molecule has 0 amide bonds. The first kappa shape index (κ1) is 15.3. The Hall–Kier alpha value is -2.05. The summed E-state index contributed by atoms with van der Waals surface area (Å²) >= 11 is 0. The van der Waals surface area contributed by atoms with E-state index in [1.807, 2.05) is 6.92 Å². The molecule has 1 saturated carbocycles. The second kappa shape index (κ2) is 6.15. The lowest BCUT2D eigenvalue weighted by molar-refractivity contribution is -0.385. The quantitative estimate of drug-likeness (QED) is 0.485. The number of rotatable bonds is 3. The molecular formula is C14H15F2NO4. The van der Waals surface area contributed by atoms with Gasteiger partial charge in [-0.25, -0.2) is 13.6 Å². The molecule has 1 aliphatic carbocycles. The summed E-state index contributed by atoms with van der Waals surface area (Å²) in [5.74, 6) is -3.27. The molecule has 5 nitrogen and oxygen atoms in total. The molecule has 21 heavy (non-hydrogen) atoms. The van der Waals surface area contributed by atoms with Gasteiger partial charge in [0.05, 0.1) is 11.0 Å². The summed E-state index contributed by atoms with van der Waals surface area (Å²) in [5.41, 5.74) is -1.35. The number of esters is 1. The van der Waals surface area contributed by atoms with Gasteiger partial charge in [0, 0.05) is 0 Å². The highest BCUT2D eigenvalue weighted by Gasteiger charge is 2.28. The van der Waals surface area contributed by atoms with Gasteiger partial charge in [0.1, 0.15) is 11.7 Å². The van der Waals surface area contributed by atoms with Gasteiger partial charge in [0.2, 0.25) is 0 Å². The van der Waals surface area contributed by atoms with E-state index in [-0.39, 0.29) is 6.10 Å². The Kier molecular flexibility index (Phi) is 4.50. The summed E-state index contributed by atoms with van der Waals surface area (Å²) in [7, 11) is 0. The molecule has 2 rings (SSSR count). The third kappa shape index (κ3) is 3.53. The Morgan fingerprint density at radius 2 is 2.00 bits per heavy atom. The summed E-state index contributed by atoms with van der Waals surface area (Å²) in [6, 6.07) is 0.914. The maximum atomic E-state index is 13.2. The van der Waals surface area contributed by atoms with E-state index in [9.17, 15) is 23.7 Å². The molecule has 0 N–H and O–H groups in total. The lowest BCUT2D eigenvalue weighted by atomic mass is 9.89. The molecule has 1 aromatic rings. The Labute approximate surface area is 120 Å². The van der Waals surface area contributed by atoms with Gasteiger partial charge in [-0.3, -0.25) is 10.1 Å². The van der Waals surface area contributed by atoms with E-state index in [0.717, 1.165) is 12.8 Å². The zero-order chi connectivity index (χ0) is 15.6. The van der Waals surface area contributed by atoms with Crippen LogP contribution in [0.3, 0.4) is 0 Å². The normalized spacial score (nSPS) is 21.9. The van der Waals surface area contributed by atoms with Crippen molar-refractivity contribution in [2.75, 3.05) is 0 Å². The number of hydrogen-bond donors (Lipinski definition) is 0. The number of nitrogens with zero attached hydrogens (tertiary/aromatic N) is 1. The highest BCUT2D eigenvalue weighted by Crippen LogP contribution is 2.28. The van der Waals surface area contributed by atoms with E-state index >= 15 is 0 Å². The molecule has 0 radical (unpaired) electrons. The molecule has 1 aliphatic rings. The summed E-state index contributed by atoms with van der Waals surface area (Å²) < 4.78 is 31.5. The Balaban J connectivity index is 2.22. The van der Waals surface area contributed by atoms with Crippen LogP contribution in [0.1, 0.15) is 43.0 Å². The summed E-state index contributed by atoms with van der Waals surface area (Å²) in [5, 5.41) is 10.8. The molecule has 0 spiro atoms. The van der Waals surface area contributed by atoms with Crippen LogP contribution in [0.15, 0.2) is 12.1 Å². The molecule has 0 aromatic heterocycles. The van der Waals surface area contributed by atoms with Crippen molar-refractivity contribution in [2.45, 2.75) is 38.7 Å². The lowest BCUT2D eigenvalue weighted by Gasteiger charge is -2.26. The fourth-order valence-electron chi connectivity index (χ4n) is 2.55. The zero-order valence-corrected chi connectivity index (χ0v) is 11.5. The fraction of sp³-hybridized carbons (Fsp3) is 0.500. The van der Waals surface area contributed by atoms with Gasteiger partial charge in [-0.2, -0.15) is 0 Å². The maximum Gasteiger partial charge on any atom is 0.345 e. The van der Waals surface area contributed by atoms with Crippen LogP contribution in [0.25, 0.3) is 0 Å². The summed E-state index contributed by atoms with van der Waals surface area (Å²) in [6.45, 7) is 2.03. The van der Waals surface area contributed by atoms with Crippen molar-refractivity contribution in [3.63, 3.8) is 0 Å². The van der Waals surface area contributed by atoms with Gasteiger partial charge in [0.15, 0.2) is 11.6 Å². The van der Waals surface area contributed by atoms with Crippen LogP contribution in [0, 0.1) is 27.7 Å². The predicted molar refractivity (Wildman–Crippen MR) is 69.8 cm³/mol. The SMILES string of the molecule is CC1CCCC(OC(=O)c2cc(F)c(F)cc2[N+](=O)[O-])C1. The highest BCUT2D eigenvalue weighted by atomic mass is 19.2. The van der Waals surface area contributed by atoms with Crippen LogP contribution in [0.5, 0.6) is 0 Å². The van der Waals surface area contributed by atoms with Crippen molar-refractivity contribution in [3.05, 3.63) is 39.4 Å². The van der Waals surface area contributed by atoms with Crippen molar-refractivity contribution in [1.29, 1.82) is 0 Å². The van der Waals surface area contributed by atoms with Crippen molar-refractivity contribution < 1.29 is 23.2 Å². The molecule has 2 atom stereocenters. The van der Waals surface area contributed by atoms with Gasteiger partial charge < -0.3 is 4.74 Å². The first-order valence-corrected chi connectivity index (χ1v) is 6.73. The van der Waals surface area contributed by atoms with Gasteiger partial charge in [0.25, 0.3) is 5.69 Å². The average molecular weight is 299 g/mol. The topological polar surface area (TPSA) is 69.4 Å². The van der Waals surface area contributed by atoms with E-state index in [1.165, 1.54) is 0 Å². The molecule has 1 fully saturated rings. The van der Waals surface area contributed by atoms with Crippen LogP contribution in [-0.2, 0) is 4.74 Å². The summed E-state index contributed by atoms with van der Waals surface area (Å²) in [4.78, 5) is 21.9. The highest BCUT2D eigenvalue weighted by molar-refractivity contribution is 5.94. The van der Waals surface area contributed by atoms with Gasteiger partial charge >= 0.3 is 5.97 Å². The molecule has 2 unspecified atom stereocenters. The molecule has 1 aromatic carbocycles. The third-order valence-corrected chi connectivity index (χ3v) is 3.62. The molecule has 0 saturated heterocycles. The number of ether oxygens (including phenoxy) is 1. The van der Waals surface area contributed by atoms with Gasteiger partial charge in [-0.15, -0.1) is 0 Å². The largest absolute Gasteiger partial charge is 0.459 e. The van der Waals surface area contributed by atoms with Crippen LogP contribution >= 0.6 is 0 Å². The third-order valence-electron chi connectivity index (χ3n) is 3.62. The maximum absolute atomic E-state index is 13.2. The molecule has 0 aliphatic heterocycles. The second-order valence-corrected chi connectivity index (χ2v) is 5.34. The minimum Gasteiger partial charge on any atom is -0.459 e. The van der Waals surface area contributed by atoms with E-state index in [0.29, 0.717) is 30.9 Å². The molecular weight excluding hydrogens is 284 g/mol. The van der Waals surface area contributed by atoms with Crippen LogP contribution < -0.4 is 0 Å². The van der Waals surface area contributed by atoms with Crippen molar-refractivity contribution >= 4 is 11.7 Å². The van der Waals surface area contributed by atoms with Crippen molar-refractivity contribution in [3.8, 4) is 0 Å². The van der Waals surface area contributed by atoms with E-state index in [4.69, 9.17) is 4.74 Å². The molecule has 114 valence electrons. The number of nitro benzene ring substituents is 1. The number of nitro groups is 1. The summed E-state index contributed by atoms with van der Waals surface area (Å²) in [6.07, 6.45) is 2.95. The fourth-order valence-corrected chi connectivity index (χ4v) is 2.55. The van der Waals surface area contributed by atoms with Crippen LogP contribution in [-0.4, -0.2) is 17.0 Å². The zero-order valence-electron chi connectivity index (χ0n) is 11.5. The second-order valence-electron chi connectivity index (χ2n) is 5.34. The number of carbonyl (C=O) groups excluding carboxylic acids is 1. The standard InChI is InChI=1S/C14H15F2NO4/c1-8-3-2-4-9(5-8)21-14(18)10-6-11(15)12(16)7-13(10)17(19)20/h6-9H,2-5H2,1H3. The van der Waals surface area contributed by atoms with Crippen molar-refractivity contribution in [1.82, 2.24) is 0 Å². The Morgan fingerprint density at radius 3 is 2.62 bits per heavy atom. The minimum absolute atomic E-state index is 0.339. The lowest BCUT2D eigenvalue weighted by Crippen LogP contribution is -2.25. The van der Waals surface area contributed by atoms with E-state index in [1.54, 1.807) is 0 Å². The number of halogens is 2. The van der Waals surface area contributed by atoms with Crippen LogP contribution in [0.4, 0.5) is 14.5 Å².